The smallest absolute Gasteiger partial charge is 0.273 e. The molecule has 1 amide bonds. The lowest BCUT2D eigenvalue weighted by molar-refractivity contribution is 0.102. The lowest BCUT2D eigenvalue weighted by Gasteiger charge is -2.08. The second kappa shape index (κ2) is 6.56. The summed E-state index contributed by atoms with van der Waals surface area (Å²) in [5, 5.41) is 10.3. The molecule has 6 heteroatoms. The first-order chi connectivity index (χ1) is 11.0. The van der Waals surface area contributed by atoms with Gasteiger partial charge in [-0.1, -0.05) is 51.8 Å². The standard InChI is InChI=1S/C17H13BrClN3O/c1-10-3-2-4-13(19)16(10)20-17(23)15-9-14(21-22-15)11-5-7-12(18)8-6-11/h2-9H,1H3,(H,20,23)(H,21,22). The van der Waals surface area contributed by atoms with Crippen molar-refractivity contribution in [2.45, 2.75) is 6.92 Å². The molecule has 1 heterocycles. The predicted molar refractivity (Wildman–Crippen MR) is 95.9 cm³/mol. The van der Waals surface area contributed by atoms with Crippen LogP contribution in [0.25, 0.3) is 11.3 Å². The SMILES string of the molecule is Cc1cccc(Cl)c1NC(=O)c1cc(-c2ccc(Br)cc2)n[nH]1. The van der Waals surface area contributed by atoms with Gasteiger partial charge in [-0.05, 0) is 36.8 Å². The highest BCUT2D eigenvalue weighted by molar-refractivity contribution is 9.10. The Morgan fingerprint density at radius 3 is 2.65 bits per heavy atom. The number of hydrogen-bond donors (Lipinski definition) is 2. The van der Waals surface area contributed by atoms with Crippen molar-refractivity contribution in [2.75, 3.05) is 5.32 Å². The van der Waals surface area contributed by atoms with Crippen LogP contribution in [0.15, 0.2) is 53.0 Å². The molecule has 0 fully saturated rings. The number of amides is 1. The summed E-state index contributed by atoms with van der Waals surface area (Å²) < 4.78 is 0.990. The normalized spacial score (nSPS) is 10.6. The third-order valence-corrected chi connectivity index (χ3v) is 4.27. The third kappa shape index (κ3) is 3.46. The summed E-state index contributed by atoms with van der Waals surface area (Å²) in [5.74, 6) is -0.280. The van der Waals surface area contributed by atoms with Gasteiger partial charge in [-0.15, -0.1) is 0 Å². The number of H-pyrrole nitrogens is 1. The van der Waals surface area contributed by atoms with E-state index < -0.39 is 0 Å². The highest BCUT2D eigenvalue weighted by atomic mass is 79.9. The fraction of sp³-hybridized carbons (Fsp3) is 0.0588. The monoisotopic (exact) mass is 389 g/mol. The molecule has 23 heavy (non-hydrogen) atoms. The molecule has 2 N–H and O–H groups in total. The topological polar surface area (TPSA) is 57.8 Å². The first-order valence-corrected chi connectivity index (χ1v) is 8.09. The van der Waals surface area contributed by atoms with Crippen molar-refractivity contribution in [1.82, 2.24) is 10.2 Å². The zero-order chi connectivity index (χ0) is 16.4. The van der Waals surface area contributed by atoms with Crippen LogP contribution in [0.3, 0.4) is 0 Å². The van der Waals surface area contributed by atoms with Gasteiger partial charge in [0.25, 0.3) is 5.91 Å². The van der Waals surface area contributed by atoms with Crippen LogP contribution >= 0.6 is 27.5 Å². The highest BCUT2D eigenvalue weighted by Crippen LogP contribution is 2.26. The number of nitrogens with zero attached hydrogens (tertiary/aromatic N) is 1. The highest BCUT2D eigenvalue weighted by Gasteiger charge is 2.14. The molecule has 0 spiro atoms. The number of hydrogen-bond acceptors (Lipinski definition) is 2. The lowest BCUT2D eigenvalue weighted by Crippen LogP contribution is -2.13. The predicted octanol–water partition coefficient (Wildman–Crippen LogP) is 5.05. The number of anilines is 1. The summed E-state index contributed by atoms with van der Waals surface area (Å²) in [5.41, 5.74) is 3.52. The number of carbonyl (C=O) groups is 1. The van der Waals surface area contributed by atoms with Crippen LogP contribution in [0.1, 0.15) is 16.1 Å². The van der Waals surface area contributed by atoms with Crippen molar-refractivity contribution in [3.8, 4) is 11.3 Å². The summed E-state index contributed by atoms with van der Waals surface area (Å²) in [6.07, 6.45) is 0. The molecule has 0 saturated heterocycles. The molecular formula is C17H13BrClN3O. The number of aromatic nitrogens is 2. The van der Waals surface area contributed by atoms with Gasteiger partial charge in [0.05, 0.1) is 16.4 Å². The minimum absolute atomic E-state index is 0.280. The molecule has 4 nitrogen and oxygen atoms in total. The summed E-state index contributed by atoms with van der Waals surface area (Å²) in [6.45, 7) is 1.89. The summed E-state index contributed by atoms with van der Waals surface area (Å²) in [4.78, 5) is 12.4. The van der Waals surface area contributed by atoms with E-state index in [4.69, 9.17) is 11.6 Å². The maximum atomic E-state index is 12.4. The van der Waals surface area contributed by atoms with E-state index in [0.29, 0.717) is 22.1 Å². The Kier molecular flexibility index (Phi) is 4.50. The van der Waals surface area contributed by atoms with E-state index >= 15 is 0 Å². The molecule has 0 radical (unpaired) electrons. The number of benzene rings is 2. The van der Waals surface area contributed by atoms with E-state index in [9.17, 15) is 4.79 Å². The maximum absolute atomic E-state index is 12.4. The molecule has 2 aromatic carbocycles. The van der Waals surface area contributed by atoms with E-state index in [1.807, 2.05) is 43.3 Å². The average Bonchev–Trinajstić information content (AvgIpc) is 3.02. The molecule has 3 rings (SSSR count). The van der Waals surface area contributed by atoms with Crippen LogP contribution < -0.4 is 5.32 Å². The molecule has 0 atom stereocenters. The minimum atomic E-state index is -0.280. The summed E-state index contributed by atoms with van der Waals surface area (Å²) >= 11 is 9.52. The van der Waals surface area contributed by atoms with Gasteiger partial charge < -0.3 is 5.32 Å². The van der Waals surface area contributed by atoms with E-state index in [-0.39, 0.29) is 5.91 Å². The molecule has 0 bridgehead atoms. The minimum Gasteiger partial charge on any atom is -0.319 e. The Bertz CT molecular complexity index is 838. The van der Waals surface area contributed by atoms with Gasteiger partial charge in [0, 0.05) is 10.0 Å². The first kappa shape index (κ1) is 15.8. The van der Waals surface area contributed by atoms with Gasteiger partial charge in [-0.25, -0.2) is 0 Å². The van der Waals surface area contributed by atoms with Crippen LogP contribution in [0.5, 0.6) is 0 Å². The van der Waals surface area contributed by atoms with Gasteiger partial charge in [0.1, 0.15) is 5.69 Å². The second-order valence-corrected chi connectivity index (χ2v) is 6.38. The molecule has 0 aliphatic heterocycles. The van der Waals surface area contributed by atoms with Crippen LogP contribution in [-0.2, 0) is 0 Å². The second-order valence-electron chi connectivity index (χ2n) is 5.06. The number of nitrogens with one attached hydrogen (secondary N) is 2. The number of halogens is 2. The van der Waals surface area contributed by atoms with Gasteiger partial charge >= 0.3 is 0 Å². The van der Waals surface area contributed by atoms with E-state index in [0.717, 1.165) is 15.6 Å². The molecule has 0 aliphatic carbocycles. The van der Waals surface area contributed by atoms with Gasteiger partial charge in [0.2, 0.25) is 0 Å². The largest absolute Gasteiger partial charge is 0.319 e. The first-order valence-electron chi connectivity index (χ1n) is 6.92. The molecule has 0 unspecified atom stereocenters. The van der Waals surface area contributed by atoms with Crippen LogP contribution in [0, 0.1) is 6.92 Å². The van der Waals surface area contributed by atoms with Crippen molar-refractivity contribution in [1.29, 1.82) is 0 Å². The molecule has 3 aromatic rings. The van der Waals surface area contributed by atoms with E-state index in [2.05, 4.69) is 31.4 Å². The van der Waals surface area contributed by atoms with Crippen LogP contribution in [0.4, 0.5) is 5.69 Å². The number of aryl methyl sites for hydroxylation is 1. The Morgan fingerprint density at radius 2 is 1.96 bits per heavy atom. The van der Waals surface area contributed by atoms with Gasteiger partial charge in [0.15, 0.2) is 0 Å². The zero-order valence-corrected chi connectivity index (χ0v) is 14.6. The summed E-state index contributed by atoms with van der Waals surface area (Å²) in [6, 6.07) is 14.9. The molecule has 1 aromatic heterocycles. The van der Waals surface area contributed by atoms with Crippen LogP contribution in [-0.4, -0.2) is 16.1 Å². The van der Waals surface area contributed by atoms with Crippen molar-refractivity contribution in [3.63, 3.8) is 0 Å². The number of rotatable bonds is 3. The third-order valence-electron chi connectivity index (χ3n) is 3.42. The average molecular weight is 391 g/mol. The number of para-hydroxylation sites is 1. The quantitative estimate of drug-likeness (QED) is 0.657. The Hall–Kier alpha value is -2.11. The molecule has 0 aliphatic rings. The fourth-order valence-electron chi connectivity index (χ4n) is 2.18. The maximum Gasteiger partial charge on any atom is 0.273 e. The van der Waals surface area contributed by atoms with Crippen LogP contribution in [0.2, 0.25) is 5.02 Å². The Morgan fingerprint density at radius 1 is 1.22 bits per heavy atom. The van der Waals surface area contributed by atoms with Crippen molar-refractivity contribution >= 4 is 39.1 Å². The Balaban J connectivity index is 1.83. The molecule has 0 saturated carbocycles. The summed E-state index contributed by atoms with van der Waals surface area (Å²) in [7, 11) is 0. The van der Waals surface area contributed by atoms with Crippen molar-refractivity contribution in [2.24, 2.45) is 0 Å². The van der Waals surface area contributed by atoms with Gasteiger partial charge in [-0.2, -0.15) is 5.10 Å². The number of carbonyl (C=O) groups excluding carboxylic acids is 1. The van der Waals surface area contributed by atoms with E-state index in [1.54, 1.807) is 12.1 Å². The Labute approximate surface area is 147 Å². The van der Waals surface area contributed by atoms with Crippen molar-refractivity contribution in [3.05, 3.63) is 69.3 Å². The lowest BCUT2D eigenvalue weighted by atomic mass is 10.1. The number of aromatic amines is 1. The fourth-order valence-corrected chi connectivity index (χ4v) is 2.71. The molecule has 116 valence electrons. The van der Waals surface area contributed by atoms with Gasteiger partial charge in [-0.3, -0.25) is 9.89 Å². The van der Waals surface area contributed by atoms with Crippen molar-refractivity contribution < 1.29 is 4.79 Å². The zero-order valence-electron chi connectivity index (χ0n) is 12.2. The van der Waals surface area contributed by atoms with E-state index in [1.165, 1.54) is 0 Å². The molecular weight excluding hydrogens is 378 g/mol.